The first-order valence-corrected chi connectivity index (χ1v) is 14.2. The Balaban J connectivity index is 1.26. The quantitative estimate of drug-likeness (QED) is 0.371. The van der Waals surface area contributed by atoms with Crippen molar-refractivity contribution in [1.82, 2.24) is 9.80 Å². The fraction of sp³-hybridized carbons (Fsp3) is 0.517. The average Bonchev–Trinajstić information content (AvgIpc) is 3.66. The number of aliphatic carboxylic acids is 1. The number of hydrogen-bond acceptors (Lipinski definition) is 4. The van der Waals surface area contributed by atoms with E-state index < -0.39 is 42.1 Å². The number of likely N-dealkylation sites (tertiary alicyclic amines) is 2. The first-order chi connectivity index (χ1) is 18.9. The second-order valence-corrected chi connectivity index (χ2v) is 12.0. The Bertz CT molecular complexity index is 1280. The van der Waals surface area contributed by atoms with Crippen LogP contribution in [-0.2, 0) is 4.79 Å². The molecule has 2 saturated heterocycles. The third-order valence-corrected chi connectivity index (χ3v) is 8.67. The van der Waals surface area contributed by atoms with Gasteiger partial charge in [0.15, 0.2) is 0 Å². The lowest BCUT2D eigenvalue weighted by Crippen LogP contribution is -2.45. The van der Waals surface area contributed by atoms with Crippen molar-refractivity contribution in [2.75, 3.05) is 26.2 Å². The predicted molar refractivity (Wildman–Crippen MR) is 145 cm³/mol. The van der Waals surface area contributed by atoms with Crippen molar-refractivity contribution in [1.29, 1.82) is 0 Å². The molecule has 1 saturated carbocycles. The van der Waals surface area contributed by atoms with Crippen molar-refractivity contribution in [2.45, 2.75) is 68.9 Å². The minimum absolute atomic E-state index is 0.00804. The van der Waals surface area contributed by atoms with E-state index in [0.717, 1.165) is 29.4 Å². The molecule has 1 amide bonds. The maximum atomic E-state index is 15.8. The van der Waals surface area contributed by atoms with Gasteiger partial charge >= 0.3 is 5.97 Å². The third-order valence-electron chi connectivity index (χ3n) is 8.24. The molecular formula is C29H31Cl2F3N2O4. The standard InChI is InChI=1S/C29H31Cl2F3N2O4/c1-16(18-8-19(30)10-20(31)9-18)35-6-4-29(34,5-7-35)15-40-26-13-24(33)23(12-22(26)17-2-3-17)27(37)36-14-21(32)11-25(36)28(38)39/h8-10,12-13,16-17,21,25H,2-7,11,14-15H2,1H3,(H,38,39)/t16?,21-,25+/m1/s1. The fourth-order valence-electron chi connectivity index (χ4n) is 5.66. The summed E-state index contributed by atoms with van der Waals surface area (Å²) in [4.78, 5) is 27.6. The van der Waals surface area contributed by atoms with Crippen LogP contribution in [0.25, 0.3) is 0 Å². The van der Waals surface area contributed by atoms with E-state index in [1.54, 1.807) is 6.07 Å². The Morgan fingerprint density at radius 2 is 1.77 bits per heavy atom. The zero-order valence-corrected chi connectivity index (χ0v) is 23.5. The van der Waals surface area contributed by atoms with Crippen LogP contribution in [0.4, 0.5) is 13.2 Å². The normalized spacial score (nSPS) is 23.7. The third kappa shape index (κ3) is 6.21. The zero-order valence-electron chi connectivity index (χ0n) is 22.0. The Morgan fingerprint density at radius 3 is 2.38 bits per heavy atom. The summed E-state index contributed by atoms with van der Waals surface area (Å²) in [7, 11) is 0. The second-order valence-electron chi connectivity index (χ2n) is 11.1. The van der Waals surface area contributed by atoms with Gasteiger partial charge in [0.25, 0.3) is 5.91 Å². The smallest absolute Gasteiger partial charge is 0.326 e. The molecule has 216 valence electrons. The fourth-order valence-corrected chi connectivity index (χ4v) is 6.21. The molecule has 6 nitrogen and oxygen atoms in total. The van der Waals surface area contributed by atoms with Gasteiger partial charge in [-0.25, -0.2) is 18.0 Å². The summed E-state index contributed by atoms with van der Waals surface area (Å²) in [5.74, 6) is -2.90. The van der Waals surface area contributed by atoms with E-state index in [9.17, 15) is 19.1 Å². The molecule has 1 aliphatic carbocycles. The van der Waals surface area contributed by atoms with Crippen LogP contribution in [0.1, 0.15) is 72.5 Å². The van der Waals surface area contributed by atoms with Crippen LogP contribution >= 0.6 is 23.2 Å². The summed E-state index contributed by atoms with van der Waals surface area (Å²) in [5.41, 5.74) is -0.410. The van der Waals surface area contributed by atoms with Crippen LogP contribution in [0.3, 0.4) is 0 Å². The SMILES string of the molecule is CC(c1cc(Cl)cc(Cl)c1)N1CCC(F)(COc2cc(F)c(C(=O)N3C[C@H](F)C[C@H]3C(=O)O)cc2C2CC2)CC1. The molecule has 1 N–H and O–H groups in total. The molecule has 2 aliphatic heterocycles. The number of amides is 1. The maximum Gasteiger partial charge on any atom is 0.326 e. The van der Waals surface area contributed by atoms with E-state index >= 15 is 8.78 Å². The van der Waals surface area contributed by atoms with Gasteiger partial charge in [-0.05, 0) is 73.9 Å². The second kappa shape index (κ2) is 11.4. The number of carbonyl (C=O) groups excluding carboxylic acids is 1. The van der Waals surface area contributed by atoms with Crippen LogP contribution in [0.2, 0.25) is 10.0 Å². The van der Waals surface area contributed by atoms with Crippen molar-refractivity contribution >= 4 is 35.1 Å². The largest absolute Gasteiger partial charge is 0.490 e. The highest BCUT2D eigenvalue weighted by Gasteiger charge is 2.42. The number of benzene rings is 2. The van der Waals surface area contributed by atoms with Gasteiger partial charge in [0.1, 0.15) is 36.1 Å². The highest BCUT2D eigenvalue weighted by Crippen LogP contribution is 2.46. The summed E-state index contributed by atoms with van der Waals surface area (Å²) in [6.07, 6.45) is 0.243. The number of halogens is 5. The van der Waals surface area contributed by atoms with Gasteiger partial charge in [-0.15, -0.1) is 0 Å². The summed E-state index contributed by atoms with van der Waals surface area (Å²) >= 11 is 12.3. The Kier molecular flexibility index (Phi) is 8.28. The number of alkyl halides is 2. The number of ether oxygens (including phenoxy) is 1. The molecule has 2 aromatic rings. The molecule has 0 bridgehead atoms. The molecule has 2 aromatic carbocycles. The van der Waals surface area contributed by atoms with Crippen molar-refractivity contribution in [3.8, 4) is 5.75 Å². The molecule has 0 radical (unpaired) electrons. The van der Waals surface area contributed by atoms with Gasteiger partial charge in [-0.1, -0.05) is 23.2 Å². The van der Waals surface area contributed by atoms with E-state index in [4.69, 9.17) is 27.9 Å². The lowest BCUT2D eigenvalue weighted by atomic mass is 9.92. The first kappa shape index (κ1) is 29.0. The van der Waals surface area contributed by atoms with Gasteiger partial charge in [0.2, 0.25) is 0 Å². The molecule has 0 spiro atoms. The number of piperidine rings is 1. The van der Waals surface area contributed by atoms with Crippen LogP contribution in [-0.4, -0.2) is 70.9 Å². The molecule has 2 heterocycles. The van der Waals surface area contributed by atoms with E-state index in [1.807, 2.05) is 19.1 Å². The molecule has 11 heteroatoms. The maximum absolute atomic E-state index is 15.8. The molecule has 3 fully saturated rings. The van der Waals surface area contributed by atoms with Crippen LogP contribution in [0.5, 0.6) is 5.75 Å². The summed E-state index contributed by atoms with van der Waals surface area (Å²) in [6.45, 7) is 2.32. The van der Waals surface area contributed by atoms with Gasteiger partial charge in [0.05, 0.1) is 12.1 Å². The molecule has 3 atom stereocenters. The van der Waals surface area contributed by atoms with E-state index in [-0.39, 0.29) is 49.1 Å². The minimum atomic E-state index is -1.62. The van der Waals surface area contributed by atoms with Crippen LogP contribution in [0, 0.1) is 5.82 Å². The number of carboxylic acids is 1. The Morgan fingerprint density at radius 1 is 1.12 bits per heavy atom. The number of carbonyl (C=O) groups is 2. The van der Waals surface area contributed by atoms with Crippen LogP contribution < -0.4 is 4.74 Å². The van der Waals surface area contributed by atoms with Crippen LogP contribution in [0.15, 0.2) is 30.3 Å². The van der Waals surface area contributed by atoms with Crippen molar-refractivity contribution in [3.63, 3.8) is 0 Å². The molecule has 40 heavy (non-hydrogen) atoms. The summed E-state index contributed by atoms with van der Waals surface area (Å²) < 4.78 is 50.8. The van der Waals surface area contributed by atoms with Crippen molar-refractivity contribution in [3.05, 3.63) is 62.9 Å². The highest BCUT2D eigenvalue weighted by atomic mass is 35.5. The number of hydrogen-bond donors (Lipinski definition) is 1. The lowest BCUT2D eigenvalue weighted by Gasteiger charge is -2.39. The molecule has 1 unspecified atom stereocenters. The lowest BCUT2D eigenvalue weighted by molar-refractivity contribution is -0.141. The summed E-state index contributed by atoms with van der Waals surface area (Å²) in [5, 5.41) is 10.5. The summed E-state index contributed by atoms with van der Waals surface area (Å²) in [6, 6.07) is 6.44. The monoisotopic (exact) mass is 598 g/mol. The number of rotatable bonds is 8. The Hall–Kier alpha value is -2.49. The molecule has 0 aromatic heterocycles. The number of nitrogens with zero attached hydrogens (tertiary/aromatic N) is 2. The van der Waals surface area contributed by atoms with Gasteiger partial charge in [-0.2, -0.15) is 0 Å². The van der Waals surface area contributed by atoms with E-state index in [1.165, 1.54) is 6.07 Å². The Labute approximate surface area is 241 Å². The highest BCUT2D eigenvalue weighted by molar-refractivity contribution is 6.34. The van der Waals surface area contributed by atoms with Crippen molar-refractivity contribution in [2.24, 2.45) is 0 Å². The number of carboxylic acid groups (broad SMARTS) is 1. The molecule has 5 rings (SSSR count). The predicted octanol–water partition coefficient (Wildman–Crippen LogP) is 6.59. The van der Waals surface area contributed by atoms with Gasteiger partial charge in [0, 0.05) is 41.7 Å². The topological polar surface area (TPSA) is 70.1 Å². The average molecular weight is 599 g/mol. The molecule has 3 aliphatic rings. The van der Waals surface area contributed by atoms with Crippen molar-refractivity contribution < 1.29 is 32.6 Å². The van der Waals surface area contributed by atoms with E-state index in [0.29, 0.717) is 28.7 Å². The molecular weight excluding hydrogens is 568 g/mol. The van der Waals surface area contributed by atoms with Gasteiger partial charge in [-0.3, -0.25) is 9.69 Å². The first-order valence-electron chi connectivity index (χ1n) is 13.5. The van der Waals surface area contributed by atoms with Gasteiger partial charge < -0.3 is 14.7 Å². The zero-order chi connectivity index (χ0) is 28.8. The minimum Gasteiger partial charge on any atom is -0.490 e. The van der Waals surface area contributed by atoms with E-state index in [2.05, 4.69) is 4.90 Å².